The van der Waals surface area contributed by atoms with E-state index in [1.165, 1.54) is 31.0 Å². The fourth-order valence-electron chi connectivity index (χ4n) is 2.34. The van der Waals surface area contributed by atoms with E-state index in [1.54, 1.807) is 0 Å². The maximum atomic E-state index is 11.2. The van der Waals surface area contributed by atoms with Crippen molar-refractivity contribution >= 4 is 34.0 Å². The average Bonchev–Trinajstić information content (AvgIpc) is 2.69. The molecule has 0 bridgehead atoms. The first-order valence-electron chi connectivity index (χ1n) is 6.62. The topological polar surface area (TPSA) is 47.8 Å². The number of nitrogens with zero attached hydrogens (tertiary/aromatic N) is 3. The summed E-state index contributed by atoms with van der Waals surface area (Å²) in [6.07, 6.45) is 5.47. The van der Waals surface area contributed by atoms with E-state index in [1.807, 2.05) is 18.2 Å². The lowest BCUT2D eigenvalue weighted by atomic mass is 10.2. The third-order valence-electron chi connectivity index (χ3n) is 3.38. The van der Waals surface area contributed by atoms with Gasteiger partial charge in [-0.25, -0.2) is 0 Å². The number of carbonyl (C=O) groups excluding carboxylic acids is 1. The number of hydrogen-bond acceptors (Lipinski definition) is 4. The Balaban J connectivity index is 1.92. The van der Waals surface area contributed by atoms with Crippen LogP contribution in [0, 0.1) is 0 Å². The fraction of sp³-hybridized carbons (Fsp3) is 0.357. The largest absolute Gasteiger partial charge is 0.306 e. The molecule has 1 aliphatic rings. The Labute approximate surface area is 130 Å². The van der Waals surface area contributed by atoms with Gasteiger partial charge in [-0.1, -0.05) is 22.4 Å². The van der Waals surface area contributed by atoms with Gasteiger partial charge >= 0.3 is 0 Å². The van der Waals surface area contributed by atoms with Gasteiger partial charge in [0.05, 0.1) is 0 Å². The van der Waals surface area contributed by atoms with Gasteiger partial charge in [0.25, 0.3) is 0 Å². The second kappa shape index (κ2) is 6.10. The van der Waals surface area contributed by atoms with E-state index in [0.717, 1.165) is 39.6 Å². The highest BCUT2D eigenvalue weighted by molar-refractivity contribution is 9.10. The first-order valence-corrected chi connectivity index (χ1v) is 8.23. The molecule has 1 aromatic carbocycles. The van der Waals surface area contributed by atoms with Gasteiger partial charge in [-0.05, 0) is 42.8 Å². The number of carbonyl (C=O) groups is 1. The number of aldehydes is 1. The Morgan fingerprint density at radius 3 is 3.00 bits per heavy atom. The van der Waals surface area contributed by atoms with Crippen LogP contribution in [-0.2, 0) is 13.0 Å². The van der Waals surface area contributed by atoms with Crippen LogP contribution in [0.15, 0.2) is 32.7 Å². The number of aryl methyl sites for hydroxylation is 1. The molecule has 0 saturated carbocycles. The smallest absolute Gasteiger partial charge is 0.196 e. The van der Waals surface area contributed by atoms with Crippen LogP contribution in [0.4, 0.5) is 0 Å². The molecule has 3 rings (SSSR count). The molecule has 6 heteroatoms. The summed E-state index contributed by atoms with van der Waals surface area (Å²) in [5.41, 5.74) is 0.676. The number of benzene rings is 1. The Kier molecular flexibility index (Phi) is 4.21. The first-order chi connectivity index (χ1) is 9.78. The van der Waals surface area contributed by atoms with Crippen molar-refractivity contribution in [1.82, 2.24) is 14.8 Å². The standard InChI is InChI=1S/C14H14BrN3OS/c15-11-5-6-12(10(8-11)9-19)20-14-17-16-13-4-2-1-3-7-18(13)14/h5-6,8-9H,1-4,7H2. The van der Waals surface area contributed by atoms with Crippen molar-refractivity contribution < 1.29 is 4.79 Å². The molecule has 0 spiro atoms. The summed E-state index contributed by atoms with van der Waals surface area (Å²) in [4.78, 5) is 12.1. The van der Waals surface area contributed by atoms with Crippen LogP contribution >= 0.6 is 27.7 Å². The van der Waals surface area contributed by atoms with Crippen LogP contribution in [0.25, 0.3) is 0 Å². The van der Waals surface area contributed by atoms with Crippen LogP contribution < -0.4 is 0 Å². The Morgan fingerprint density at radius 1 is 1.25 bits per heavy atom. The van der Waals surface area contributed by atoms with Gasteiger partial charge in [0, 0.05) is 27.9 Å². The summed E-state index contributed by atoms with van der Waals surface area (Å²) < 4.78 is 3.10. The third kappa shape index (κ3) is 2.81. The fourth-order valence-corrected chi connectivity index (χ4v) is 3.66. The summed E-state index contributed by atoms with van der Waals surface area (Å²) in [7, 11) is 0. The molecule has 4 nitrogen and oxygen atoms in total. The summed E-state index contributed by atoms with van der Waals surface area (Å²) >= 11 is 4.90. The molecule has 0 aliphatic carbocycles. The molecule has 0 N–H and O–H groups in total. The molecule has 0 saturated heterocycles. The minimum absolute atomic E-state index is 0.676. The molecule has 0 fully saturated rings. The van der Waals surface area contributed by atoms with Crippen LogP contribution in [0.1, 0.15) is 35.4 Å². The van der Waals surface area contributed by atoms with E-state index in [-0.39, 0.29) is 0 Å². The molecule has 20 heavy (non-hydrogen) atoms. The molecule has 0 radical (unpaired) electrons. The third-order valence-corrected chi connectivity index (χ3v) is 4.95. The van der Waals surface area contributed by atoms with Crippen LogP contribution in [-0.4, -0.2) is 21.1 Å². The van der Waals surface area contributed by atoms with Crippen LogP contribution in [0.5, 0.6) is 0 Å². The Morgan fingerprint density at radius 2 is 2.15 bits per heavy atom. The zero-order valence-electron chi connectivity index (χ0n) is 10.9. The second-order valence-electron chi connectivity index (χ2n) is 4.76. The highest BCUT2D eigenvalue weighted by atomic mass is 79.9. The quantitative estimate of drug-likeness (QED) is 0.790. The van der Waals surface area contributed by atoms with Crippen molar-refractivity contribution in [3.63, 3.8) is 0 Å². The van der Waals surface area contributed by atoms with E-state index in [9.17, 15) is 4.79 Å². The maximum Gasteiger partial charge on any atom is 0.196 e. The van der Waals surface area contributed by atoms with Crippen LogP contribution in [0.2, 0.25) is 0 Å². The number of aromatic nitrogens is 3. The number of rotatable bonds is 3. The predicted molar refractivity (Wildman–Crippen MR) is 81.2 cm³/mol. The molecular weight excluding hydrogens is 338 g/mol. The van der Waals surface area contributed by atoms with Gasteiger partial charge in [0.15, 0.2) is 11.4 Å². The molecule has 0 amide bonds. The first kappa shape index (κ1) is 13.8. The van der Waals surface area contributed by atoms with E-state index in [4.69, 9.17) is 0 Å². The SMILES string of the molecule is O=Cc1cc(Br)ccc1Sc1nnc2n1CCCCC2. The molecule has 2 aromatic rings. The van der Waals surface area contributed by atoms with Gasteiger partial charge in [-0.3, -0.25) is 4.79 Å². The average molecular weight is 352 g/mol. The number of fused-ring (bicyclic) bond motifs is 1. The van der Waals surface area contributed by atoms with Gasteiger partial charge in [-0.2, -0.15) is 0 Å². The van der Waals surface area contributed by atoms with Crippen molar-refractivity contribution in [2.75, 3.05) is 0 Å². The lowest BCUT2D eigenvalue weighted by Gasteiger charge is -2.07. The van der Waals surface area contributed by atoms with Gasteiger partial charge < -0.3 is 4.57 Å². The highest BCUT2D eigenvalue weighted by Crippen LogP contribution is 2.31. The van der Waals surface area contributed by atoms with E-state index in [0.29, 0.717) is 5.56 Å². The zero-order valence-corrected chi connectivity index (χ0v) is 13.3. The predicted octanol–water partition coefficient (Wildman–Crippen LogP) is 3.73. The molecule has 1 aromatic heterocycles. The lowest BCUT2D eigenvalue weighted by Crippen LogP contribution is -2.02. The second-order valence-corrected chi connectivity index (χ2v) is 6.69. The van der Waals surface area contributed by atoms with Gasteiger partial charge in [0.1, 0.15) is 5.82 Å². The summed E-state index contributed by atoms with van der Waals surface area (Å²) in [6.45, 7) is 0.970. The van der Waals surface area contributed by atoms with Crippen molar-refractivity contribution in [1.29, 1.82) is 0 Å². The zero-order chi connectivity index (χ0) is 13.9. The Hall–Kier alpha value is -1.14. The molecule has 0 atom stereocenters. The molecule has 0 unspecified atom stereocenters. The normalized spacial score (nSPS) is 14.7. The maximum absolute atomic E-state index is 11.2. The molecule has 2 heterocycles. The van der Waals surface area contributed by atoms with Crippen molar-refractivity contribution in [2.45, 2.75) is 42.3 Å². The van der Waals surface area contributed by atoms with Crippen molar-refractivity contribution in [3.8, 4) is 0 Å². The van der Waals surface area contributed by atoms with E-state index < -0.39 is 0 Å². The van der Waals surface area contributed by atoms with Gasteiger partial charge in [0.2, 0.25) is 0 Å². The summed E-state index contributed by atoms with van der Waals surface area (Å²) in [5.74, 6) is 1.06. The number of hydrogen-bond donors (Lipinski definition) is 0. The molecule has 1 aliphatic heterocycles. The Bertz CT molecular complexity index is 641. The minimum atomic E-state index is 0.676. The van der Waals surface area contributed by atoms with Crippen molar-refractivity contribution in [3.05, 3.63) is 34.1 Å². The monoisotopic (exact) mass is 351 g/mol. The number of halogens is 1. The van der Waals surface area contributed by atoms with Gasteiger partial charge in [-0.15, -0.1) is 10.2 Å². The van der Waals surface area contributed by atoms with Crippen LogP contribution in [0.3, 0.4) is 0 Å². The van der Waals surface area contributed by atoms with Crippen molar-refractivity contribution in [2.24, 2.45) is 0 Å². The molecular formula is C14H14BrN3OS. The van der Waals surface area contributed by atoms with E-state index in [2.05, 4.69) is 30.7 Å². The lowest BCUT2D eigenvalue weighted by molar-refractivity contribution is 0.112. The highest BCUT2D eigenvalue weighted by Gasteiger charge is 2.16. The minimum Gasteiger partial charge on any atom is -0.306 e. The van der Waals surface area contributed by atoms with E-state index >= 15 is 0 Å². The summed E-state index contributed by atoms with van der Waals surface area (Å²) in [5, 5.41) is 9.44. The molecule has 104 valence electrons. The summed E-state index contributed by atoms with van der Waals surface area (Å²) in [6, 6.07) is 5.71.